The Balaban J connectivity index is 1.09. The van der Waals surface area contributed by atoms with Gasteiger partial charge >= 0.3 is 6.03 Å². The molecule has 2 aromatic rings. The van der Waals surface area contributed by atoms with Crippen LogP contribution in [0.15, 0.2) is 66.8 Å². The molecule has 7 atom stereocenters. The highest BCUT2D eigenvalue weighted by Crippen LogP contribution is 2.50. The molecule has 4 N–H and O–H groups in total. The maximum atomic E-state index is 13.1. The maximum absolute atomic E-state index is 13.1. The van der Waals surface area contributed by atoms with Crippen LogP contribution >= 0.6 is 0 Å². The van der Waals surface area contributed by atoms with E-state index in [-0.39, 0.29) is 30.8 Å². The number of nitrogens with one attached hydrogen (secondary N) is 3. The number of aliphatic hydroxyl groups excluding tert-OH is 1. The minimum atomic E-state index is -0.625. The number of urea groups is 1. The molecule has 2 unspecified atom stereocenters. The van der Waals surface area contributed by atoms with E-state index in [0.717, 1.165) is 45.1 Å². The van der Waals surface area contributed by atoms with Gasteiger partial charge in [0.05, 0.1) is 0 Å². The molecule has 210 valence electrons. The lowest BCUT2D eigenvalue weighted by Crippen LogP contribution is -2.53. The Hall–Kier alpha value is -3.49. The van der Waals surface area contributed by atoms with E-state index in [1.807, 2.05) is 6.07 Å². The number of carbonyl (C=O) groups is 1. The first-order valence-electron chi connectivity index (χ1n) is 14.8. The van der Waals surface area contributed by atoms with Crippen molar-refractivity contribution in [3.63, 3.8) is 0 Å². The van der Waals surface area contributed by atoms with Crippen LogP contribution in [0, 0.1) is 17.8 Å². The van der Waals surface area contributed by atoms with E-state index < -0.39 is 6.23 Å². The molecule has 7 rings (SSSR count). The Morgan fingerprint density at radius 1 is 1.05 bits per heavy atom. The topological polar surface area (TPSA) is 95.1 Å². The highest BCUT2D eigenvalue weighted by Gasteiger charge is 2.49. The van der Waals surface area contributed by atoms with Crippen LogP contribution in [-0.2, 0) is 0 Å². The summed E-state index contributed by atoms with van der Waals surface area (Å²) in [7, 11) is 0. The minimum Gasteiger partial charge on any atom is -0.454 e. The smallest absolute Gasteiger partial charge is 0.319 e. The quantitative estimate of drug-likeness (QED) is 0.404. The molecule has 2 aromatic carbocycles. The zero-order chi connectivity index (χ0) is 27.1. The number of amides is 2. The zero-order valence-corrected chi connectivity index (χ0v) is 22.7. The molecule has 0 bridgehead atoms. The molecule has 8 nitrogen and oxygen atoms in total. The van der Waals surface area contributed by atoms with Crippen LogP contribution in [0.25, 0.3) is 0 Å². The van der Waals surface area contributed by atoms with E-state index in [9.17, 15) is 9.90 Å². The van der Waals surface area contributed by atoms with Crippen molar-refractivity contribution >= 4 is 17.4 Å². The number of nitrogens with zero attached hydrogens (tertiary/aromatic N) is 1. The number of benzene rings is 2. The Kier molecular flexibility index (Phi) is 6.89. The molecule has 0 spiro atoms. The van der Waals surface area contributed by atoms with Gasteiger partial charge in [0, 0.05) is 59.9 Å². The first-order valence-corrected chi connectivity index (χ1v) is 14.8. The van der Waals surface area contributed by atoms with Crippen LogP contribution in [0.3, 0.4) is 0 Å². The summed E-state index contributed by atoms with van der Waals surface area (Å²) in [6.45, 7) is 1.04. The number of anilines is 2. The number of allylic oxidation sites excluding steroid dienone is 3. The van der Waals surface area contributed by atoms with Gasteiger partial charge in [0.2, 0.25) is 6.79 Å². The summed E-state index contributed by atoms with van der Waals surface area (Å²) >= 11 is 0. The minimum absolute atomic E-state index is 0.0342. The van der Waals surface area contributed by atoms with Gasteiger partial charge in [0.1, 0.15) is 6.23 Å². The SMILES string of the molecule is O=C(Nc1ccc2c(c1)OCO2)N[C@@H]1CCCC[C@@H]1C(O)N1CC[C@@H]2[C@H](C3C=CC=CC3)Nc3ccccc3[C@@H]21. The molecule has 40 heavy (non-hydrogen) atoms. The normalized spacial score (nSPS) is 31.1. The first-order chi connectivity index (χ1) is 19.7. The second-order valence-corrected chi connectivity index (χ2v) is 11.7. The number of ether oxygens (including phenoxy) is 2. The molecule has 0 radical (unpaired) electrons. The standard InChI is InChI=1S/C32H38N4O4/c37-31(23-11-5-7-13-26(23)35-32(38)33-21-14-15-27-28(18-21)40-19-39-27)36-17-16-24-29(20-8-2-1-3-9-20)34-25-12-6-4-10-22(25)30(24)36/h1-4,6,8,10,12,14-15,18,20,23-24,26,29-31,34,37H,5,7,9,11,13,16-17,19H2,(H2,33,35,38)/t20?,23-,24+,26+,29-,30-,31?/m0/s1. The Labute approximate surface area is 235 Å². The third kappa shape index (κ3) is 4.73. The molecule has 2 amide bonds. The third-order valence-electron chi connectivity index (χ3n) is 9.51. The van der Waals surface area contributed by atoms with Crippen molar-refractivity contribution < 1.29 is 19.4 Å². The molecule has 2 aliphatic carbocycles. The van der Waals surface area contributed by atoms with Crippen molar-refractivity contribution in [1.29, 1.82) is 0 Å². The number of hydrogen-bond acceptors (Lipinski definition) is 6. The third-order valence-corrected chi connectivity index (χ3v) is 9.51. The average molecular weight is 543 g/mol. The molecule has 3 heterocycles. The van der Waals surface area contributed by atoms with Crippen LogP contribution in [0.1, 0.15) is 50.1 Å². The fraction of sp³-hybridized carbons (Fsp3) is 0.469. The number of fused-ring (bicyclic) bond motifs is 4. The number of aliphatic hydroxyl groups is 1. The van der Waals surface area contributed by atoms with Gasteiger partial charge in [-0.1, -0.05) is 55.3 Å². The summed E-state index contributed by atoms with van der Waals surface area (Å²) in [4.78, 5) is 15.4. The van der Waals surface area contributed by atoms with Crippen LogP contribution in [0.5, 0.6) is 11.5 Å². The summed E-state index contributed by atoms with van der Waals surface area (Å²) in [5.74, 6) is 2.13. The van der Waals surface area contributed by atoms with Crippen molar-refractivity contribution in [2.75, 3.05) is 24.0 Å². The van der Waals surface area contributed by atoms with Gasteiger partial charge < -0.3 is 30.5 Å². The van der Waals surface area contributed by atoms with Crippen molar-refractivity contribution in [2.24, 2.45) is 17.8 Å². The van der Waals surface area contributed by atoms with Gasteiger partial charge in [-0.3, -0.25) is 4.90 Å². The van der Waals surface area contributed by atoms with Crippen LogP contribution in [0.2, 0.25) is 0 Å². The van der Waals surface area contributed by atoms with E-state index >= 15 is 0 Å². The number of likely N-dealkylation sites (tertiary alicyclic amines) is 1. The molecule has 0 aromatic heterocycles. The van der Waals surface area contributed by atoms with Gasteiger partial charge in [-0.05, 0) is 49.4 Å². The van der Waals surface area contributed by atoms with Crippen molar-refractivity contribution in [3.05, 3.63) is 72.3 Å². The lowest BCUT2D eigenvalue weighted by molar-refractivity contribution is -0.0719. The van der Waals surface area contributed by atoms with E-state index in [2.05, 4.69) is 69.4 Å². The van der Waals surface area contributed by atoms with E-state index in [1.54, 1.807) is 12.1 Å². The average Bonchev–Trinajstić information content (AvgIpc) is 3.65. The Morgan fingerprint density at radius 3 is 2.83 bits per heavy atom. The van der Waals surface area contributed by atoms with E-state index in [0.29, 0.717) is 35.1 Å². The van der Waals surface area contributed by atoms with Gasteiger partial charge in [0.15, 0.2) is 11.5 Å². The molecule has 1 saturated heterocycles. The molecule has 3 aliphatic heterocycles. The Bertz CT molecular complexity index is 1310. The fourth-order valence-corrected chi connectivity index (χ4v) is 7.64. The van der Waals surface area contributed by atoms with Gasteiger partial charge in [0.25, 0.3) is 0 Å². The van der Waals surface area contributed by atoms with Gasteiger partial charge in [-0.2, -0.15) is 0 Å². The van der Waals surface area contributed by atoms with Crippen molar-refractivity contribution in [1.82, 2.24) is 10.2 Å². The molecular formula is C32H38N4O4. The fourth-order valence-electron chi connectivity index (χ4n) is 7.64. The van der Waals surface area contributed by atoms with Crippen molar-refractivity contribution in [3.8, 4) is 11.5 Å². The highest BCUT2D eigenvalue weighted by molar-refractivity contribution is 5.90. The molecule has 8 heteroatoms. The molecular weight excluding hydrogens is 504 g/mol. The monoisotopic (exact) mass is 542 g/mol. The second kappa shape index (κ2) is 10.8. The predicted molar refractivity (Wildman–Crippen MR) is 154 cm³/mol. The summed E-state index contributed by atoms with van der Waals surface area (Å²) < 4.78 is 10.8. The second-order valence-electron chi connectivity index (χ2n) is 11.7. The predicted octanol–water partition coefficient (Wildman–Crippen LogP) is 5.40. The molecule has 5 aliphatic rings. The lowest BCUT2D eigenvalue weighted by atomic mass is 9.75. The summed E-state index contributed by atoms with van der Waals surface area (Å²) in [6.07, 6.45) is 14.2. The zero-order valence-electron chi connectivity index (χ0n) is 22.7. The van der Waals surface area contributed by atoms with Crippen LogP contribution in [-0.4, -0.2) is 47.7 Å². The van der Waals surface area contributed by atoms with Crippen LogP contribution in [0.4, 0.5) is 16.2 Å². The number of carbonyl (C=O) groups excluding carboxylic acids is 1. The van der Waals surface area contributed by atoms with Gasteiger partial charge in [-0.15, -0.1) is 0 Å². The summed E-state index contributed by atoms with van der Waals surface area (Å²) in [5, 5.41) is 22.0. The number of hydrogen-bond donors (Lipinski definition) is 4. The molecule has 2 fully saturated rings. The van der Waals surface area contributed by atoms with Gasteiger partial charge in [-0.25, -0.2) is 4.79 Å². The maximum Gasteiger partial charge on any atom is 0.319 e. The van der Waals surface area contributed by atoms with E-state index in [1.165, 1.54) is 11.3 Å². The summed E-state index contributed by atoms with van der Waals surface area (Å²) in [6, 6.07) is 14.1. The first kappa shape index (κ1) is 25.5. The molecule has 1 saturated carbocycles. The largest absolute Gasteiger partial charge is 0.454 e. The van der Waals surface area contributed by atoms with Crippen LogP contribution < -0.4 is 25.4 Å². The summed E-state index contributed by atoms with van der Waals surface area (Å²) in [5.41, 5.74) is 3.11. The Morgan fingerprint density at radius 2 is 1.93 bits per heavy atom. The van der Waals surface area contributed by atoms with E-state index in [4.69, 9.17) is 9.47 Å². The lowest BCUT2D eigenvalue weighted by Gasteiger charge is -2.46. The number of para-hydroxylation sites is 1. The highest BCUT2D eigenvalue weighted by atomic mass is 16.7. The number of rotatable bonds is 5. The van der Waals surface area contributed by atoms with Crippen molar-refractivity contribution in [2.45, 2.75) is 62.9 Å².